The molecule has 2 aromatic heterocycles. The molecule has 1 atom stereocenters. The Kier molecular flexibility index (Phi) is 8.09. The maximum atomic E-state index is 13.7. The molecular weight excluding hydrogens is 523 g/mol. The van der Waals surface area contributed by atoms with Gasteiger partial charge in [0, 0.05) is 58.3 Å². The normalized spacial score (nSPS) is 18.6. The van der Waals surface area contributed by atoms with E-state index in [9.17, 15) is 22.8 Å². The van der Waals surface area contributed by atoms with Crippen LogP contribution in [0.1, 0.15) is 53.6 Å². The lowest BCUT2D eigenvalue weighted by molar-refractivity contribution is -0.141. The highest BCUT2D eigenvalue weighted by Crippen LogP contribution is 2.35. The van der Waals surface area contributed by atoms with Crippen LogP contribution >= 0.6 is 0 Å². The summed E-state index contributed by atoms with van der Waals surface area (Å²) in [5, 5.41) is 0. The molecule has 3 aromatic rings. The molecule has 5 rings (SSSR count). The Labute approximate surface area is 230 Å². The van der Waals surface area contributed by atoms with Crippen LogP contribution in [-0.4, -0.2) is 59.3 Å². The van der Waals surface area contributed by atoms with E-state index in [1.807, 2.05) is 47.1 Å². The van der Waals surface area contributed by atoms with Crippen LogP contribution in [-0.2, 0) is 23.9 Å². The first-order valence-corrected chi connectivity index (χ1v) is 13.5. The predicted octanol–water partition coefficient (Wildman–Crippen LogP) is 4.99. The molecule has 2 fully saturated rings. The number of amides is 1. The number of alkyl halides is 3. The molecule has 1 aromatic carbocycles. The van der Waals surface area contributed by atoms with Gasteiger partial charge >= 0.3 is 6.18 Å². The summed E-state index contributed by atoms with van der Waals surface area (Å²) in [5.41, 5.74) is 0.238. The summed E-state index contributed by atoms with van der Waals surface area (Å²) in [6.45, 7) is 5.26. The van der Waals surface area contributed by atoms with Gasteiger partial charge in [0.1, 0.15) is 5.82 Å². The van der Waals surface area contributed by atoms with E-state index in [0.29, 0.717) is 63.0 Å². The van der Waals surface area contributed by atoms with Crippen LogP contribution in [0.4, 0.5) is 25.0 Å². The molecule has 2 aliphatic heterocycles. The molecule has 0 spiro atoms. The fourth-order valence-electron chi connectivity index (χ4n) is 5.23. The van der Waals surface area contributed by atoms with Gasteiger partial charge in [-0.05, 0) is 36.0 Å². The van der Waals surface area contributed by atoms with Crippen LogP contribution in [0.2, 0.25) is 0 Å². The molecule has 4 heterocycles. The van der Waals surface area contributed by atoms with Crippen molar-refractivity contribution in [3.8, 4) is 0 Å². The summed E-state index contributed by atoms with van der Waals surface area (Å²) in [4.78, 5) is 39.3. The number of Topliss-reactive ketones (excluding diaryl/α,β-unsaturated/α-hetero) is 1. The van der Waals surface area contributed by atoms with Crippen molar-refractivity contribution in [1.82, 2.24) is 14.9 Å². The molecule has 212 valence electrons. The van der Waals surface area contributed by atoms with E-state index in [-0.39, 0.29) is 18.3 Å². The minimum Gasteiger partial charge on any atom is -0.420 e. The second-order valence-corrected chi connectivity index (χ2v) is 10.5. The van der Waals surface area contributed by atoms with E-state index in [1.54, 1.807) is 17.0 Å². The minimum atomic E-state index is -4.81. The maximum Gasteiger partial charge on any atom is 0.437 e. The van der Waals surface area contributed by atoms with Crippen LogP contribution in [0.25, 0.3) is 0 Å². The summed E-state index contributed by atoms with van der Waals surface area (Å²) in [6, 6.07) is 13.0. The molecule has 0 N–H and O–H groups in total. The van der Waals surface area contributed by atoms with Gasteiger partial charge in [-0.25, -0.2) is 4.98 Å². The number of pyridine rings is 1. The summed E-state index contributed by atoms with van der Waals surface area (Å²) in [6.07, 6.45) is -1.48. The van der Waals surface area contributed by atoms with Gasteiger partial charge in [0.2, 0.25) is 17.5 Å². The standard InChI is InChI=1S/C29H32F3N5O3/c1-20-6-5-12-37(18-20)28-34-27(29(30,31)32)26(40-28)23(38)16-22-9-10-24(33-17-22)35-13-11-25(39)36(15-14-35)19-21-7-3-2-4-8-21/h2-4,7-10,17,20H,5-6,11-16,18-19H2,1H3. The molecule has 11 heteroatoms. The number of hydrogen-bond acceptors (Lipinski definition) is 7. The van der Waals surface area contributed by atoms with Crippen molar-refractivity contribution in [3.63, 3.8) is 0 Å². The Morgan fingerprint density at radius 2 is 1.82 bits per heavy atom. The SMILES string of the molecule is CC1CCCN(c2nc(C(F)(F)F)c(C(=O)Cc3ccc(N4CCC(=O)N(Cc5ccccc5)CC4)nc3)o2)C1. The van der Waals surface area contributed by atoms with Crippen LogP contribution in [0.15, 0.2) is 53.1 Å². The number of ketones is 1. The molecular formula is C29H32F3N5O3. The highest BCUT2D eigenvalue weighted by Gasteiger charge is 2.42. The number of carbonyl (C=O) groups excluding carboxylic acids is 2. The number of anilines is 2. The van der Waals surface area contributed by atoms with E-state index in [2.05, 4.69) is 9.97 Å². The maximum absolute atomic E-state index is 13.7. The van der Waals surface area contributed by atoms with Crippen LogP contribution in [0.3, 0.4) is 0 Å². The third kappa shape index (κ3) is 6.46. The number of piperidine rings is 1. The zero-order valence-electron chi connectivity index (χ0n) is 22.4. The van der Waals surface area contributed by atoms with Crippen molar-refractivity contribution in [2.75, 3.05) is 42.5 Å². The van der Waals surface area contributed by atoms with Crippen molar-refractivity contribution in [2.45, 2.75) is 45.3 Å². The van der Waals surface area contributed by atoms with Gasteiger partial charge in [0.25, 0.3) is 6.01 Å². The van der Waals surface area contributed by atoms with Gasteiger partial charge < -0.3 is 19.1 Å². The molecule has 1 unspecified atom stereocenters. The second kappa shape index (κ2) is 11.7. The first kappa shape index (κ1) is 27.7. The van der Waals surface area contributed by atoms with E-state index >= 15 is 0 Å². The number of carbonyl (C=O) groups is 2. The van der Waals surface area contributed by atoms with Gasteiger partial charge in [-0.2, -0.15) is 18.2 Å². The zero-order valence-corrected chi connectivity index (χ0v) is 22.4. The van der Waals surface area contributed by atoms with E-state index in [4.69, 9.17) is 4.42 Å². The average molecular weight is 556 g/mol. The highest BCUT2D eigenvalue weighted by atomic mass is 19.4. The largest absolute Gasteiger partial charge is 0.437 e. The van der Waals surface area contributed by atoms with Crippen LogP contribution in [0.5, 0.6) is 0 Å². The van der Waals surface area contributed by atoms with Gasteiger partial charge in [-0.15, -0.1) is 0 Å². The lowest BCUT2D eigenvalue weighted by Crippen LogP contribution is -2.34. The highest BCUT2D eigenvalue weighted by molar-refractivity contribution is 5.96. The lowest BCUT2D eigenvalue weighted by atomic mass is 10.0. The fourth-order valence-corrected chi connectivity index (χ4v) is 5.23. The van der Waals surface area contributed by atoms with Crippen molar-refractivity contribution in [3.05, 3.63) is 71.2 Å². The Balaban J connectivity index is 1.25. The number of halogens is 3. The third-order valence-corrected chi connectivity index (χ3v) is 7.37. The summed E-state index contributed by atoms with van der Waals surface area (Å²) < 4.78 is 46.6. The number of benzene rings is 1. The fraction of sp³-hybridized carbons (Fsp3) is 0.448. The molecule has 0 saturated carbocycles. The Morgan fingerprint density at radius 3 is 2.52 bits per heavy atom. The molecule has 40 heavy (non-hydrogen) atoms. The first-order valence-electron chi connectivity index (χ1n) is 13.5. The van der Waals surface area contributed by atoms with Crippen molar-refractivity contribution in [2.24, 2.45) is 5.92 Å². The molecule has 0 aliphatic carbocycles. The topological polar surface area (TPSA) is 82.8 Å². The summed E-state index contributed by atoms with van der Waals surface area (Å²) >= 11 is 0. The quantitative estimate of drug-likeness (QED) is 0.380. The molecule has 2 saturated heterocycles. The smallest absolute Gasteiger partial charge is 0.420 e. The number of oxazole rings is 1. The first-order chi connectivity index (χ1) is 19.2. The van der Waals surface area contributed by atoms with Crippen LogP contribution in [0, 0.1) is 5.92 Å². The number of aromatic nitrogens is 2. The Hall–Kier alpha value is -3.89. The Bertz CT molecular complexity index is 1330. The van der Waals surface area contributed by atoms with Gasteiger partial charge in [-0.3, -0.25) is 9.59 Å². The minimum absolute atomic E-state index is 0.0690. The number of rotatable bonds is 7. The van der Waals surface area contributed by atoms with Crippen molar-refractivity contribution < 1.29 is 27.2 Å². The summed E-state index contributed by atoms with van der Waals surface area (Å²) in [5.74, 6) is -0.563. The van der Waals surface area contributed by atoms with E-state index in [0.717, 1.165) is 18.4 Å². The molecule has 0 radical (unpaired) electrons. The summed E-state index contributed by atoms with van der Waals surface area (Å²) in [7, 11) is 0. The average Bonchev–Trinajstić information content (AvgIpc) is 3.33. The predicted molar refractivity (Wildman–Crippen MR) is 143 cm³/mol. The number of nitrogens with zero attached hydrogens (tertiary/aromatic N) is 5. The second-order valence-electron chi connectivity index (χ2n) is 10.5. The molecule has 1 amide bonds. The van der Waals surface area contributed by atoms with E-state index < -0.39 is 23.4 Å². The lowest BCUT2D eigenvalue weighted by Gasteiger charge is -2.29. The van der Waals surface area contributed by atoms with Crippen molar-refractivity contribution in [1.29, 1.82) is 0 Å². The van der Waals surface area contributed by atoms with E-state index in [1.165, 1.54) is 6.20 Å². The van der Waals surface area contributed by atoms with Crippen LogP contribution < -0.4 is 9.80 Å². The molecule has 2 aliphatic rings. The monoisotopic (exact) mass is 555 g/mol. The molecule has 0 bridgehead atoms. The third-order valence-electron chi connectivity index (χ3n) is 7.37. The van der Waals surface area contributed by atoms with Gasteiger partial charge in [-0.1, -0.05) is 43.3 Å². The zero-order chi connectivity index (χ0) is 28.3. The van der Waals surface area contributed by atoms with Crippen molar-refractivity contribution >= 4 is 23.5 Å². The molecule has 8 nitrogen and oxygen atoms in total. The van der Waals surface area contributed by atoms with Gasteiger partial charge in [0.05, 0.1) is 0 Å². The Morgan fingerprint density at radius 1 is 1.02 bits per heavy atom. The number of hydrogen-bond donors (Lipinski definition) is 0. The van der Waals surface area contributed by atoms with Gasteiger partial charge in [0.15, 0.2) is 5.69 Å².